The van der Waals surface area contributed by atoms with Crippen molar-refractivity contribution in [3.63, 3.8) is 0 Å². The van der Waals surface area contributed by atoms with E-state index in [0.29, 0.717) is 6.54 Å². The Morgan fingerprint density at radius 1 is 0.889 bits per heavy atom. The Kier molecular flexibility index (Phi) is 5.18. The van der Waals surface area contributed by atoms with Crippen LogP contribution in [0.15, 0.2) is 48.5 Å². The summed E-state index contributed by atoms with van der Waals surface area (Å²) in [6.07, 6.45) is 1.91. The molecule has 0 aliphatic carbocycles. The molecule has 1 aliphatic rings. The number of likely N-dealkylation sites (N-methyl/N-ethyl adjacent to an activating group) is 1. The number of carbonyl (C=O) groups is 1. The van der Waals surface area contributed by atoms with E-state index in [1.54, 1.807) is 0 Å². The molecular weight excluding hydrogens is 332 g/mol. The number of benzene rings is 2. The Labute approximate surface area is 164 Å². The molecule has 144 valence electrons. The fraction of sp³-hybridized carbons (Fsp3) is 0.458. The highest BCUT2D eigenvalue weighted by atomic mass is 16.2. The maximum Gasteiger partial charge on any atom is 0.244 e. The second-order valence-corrected chi connectivity index (χ2v) is 8.38. The molecule has 1 saturated heterocycles. The number of carbonyl (C=O) groups excluding carboxylic acids is 1. The second kappa shape index (κ2) is 7.12. The van der Waals surface area contributed by atoms with E-state index in [1.165, 1.54) is 16.7 Å². The zero-order chi connectivity index (χ0) is 19.8. The van der Waals surface area contributed by atoms with Gasteiger partial charge in [-0.25, -0.2) is 0 Å². The average molecular weight is 365 g/mol. The first kappa shape index (κ1) is 19.6. The van der Waals surface area contributed by atoms with Crippen LogP contribution in [0.2, 0.25) is 0 Å². The van der Waals surface area contributed by atoms with E-state index in [9.17, 15) is 4.79 Å². The van der Waals surface area contributed by atoms with Crippen LogP contribution in [0, 0.1) is 6.92 Å². The smallest absolute Gasteiger partial charge is 0.244 e. The number of amides is 1. The van der Waals surface area contributed by atoms with Gasteiger partial charge in [-0.2, -0.15) is 0 Å². The Morgan fingerprint density at radius 2 is 1.44 bits per heavy atom. The number of hydrogen-bond acceptors (Lipinski definition) is 2. The highest BCUT2D eigenvalue weighted by Gasteiger charge is 2.57. The minimum atomic E-state index is -0.522. The van der Waals surface area contributed by atoms with Gasteiger partial charge in [0.1, 0.15) is 5.66 Å². The van der Waals surface area contributed by atoms with Gasteiger partial charge < -0.3 is 4.90 Å². The van der Waals surface area contributed by atoms with E-state index >= 15 is 0 Å². The summed E-state index contributed by atoms with van der Waals surface area (Å²) in [7, 11) is 2.06. The summed E-state index contributed by atoms with van der Waals surface area (Å²) in [5, 5.41) is 0. The summed E-state index contributed by atoms with van der Waals surface area (Å²) in [6.45, 7) is 11.2. The monoisotopic (exact) mass is 364 g/mol. The number of nitrogens with zero attached hydrogens (tertiary/aromatic N) is 2. The van der Waals surface area contributed by atoms with E-state index in [0.717, 1.165) is 18.4 Å². The molecule has 0 bridgehead atoms. The fourth-order valence-corrected chi connectivity index (χ4v) is 4.12. The van der Waals surface area contributed by atoms with E-state index in [-0.39, 0.29) is 5.91 Å². The van der Waals surface area contributed by atoms with Crippen LogP contribution in [-0.2, 0) is 23.3 Å². The molecule has 2 aromatic carbocycles. The minimum Gasteiger partial charge on any atom is -0.318 e. The van der Waals surface area contributed by atoms with Gasteiger partial charge in [0.05, 0.1) is 5.54 Å². The van der Waals surface area contributed by atoms with Crippen LogP contribution in [-0.4, -0.2) is 34.8 Å². The third kappa shape index (κ3) is 3.29. The van der Waals surface area contributed by atoms with Crippen LogP contribution in [0.3, 0.4) is 0 Å². The van der Waals surface area contributed by atoms with Gasteiger partial charge in [-0.3, -0.25) is 9.69 Å². The van der Waals surface area contributed by atoms with Gasteiger partial charge in [0.2, 0.25) is 5.91 Å². The molecule has 0 N–H and O–H groups in total. The zero-order valence-electron chi connectivity index (χ0n) is 17.5. The molecule has 1 unspecified atom stereocenters. The van der Waals surface area contributed by atoms with Crippen LogP contribution in [0.25, 0.3) is 0 Å². The quantitative estimate of drug-likeness (QED) is 0.778. The standard InChI is InChI=1S/C24H32N2O/c1-7-19-10-12-20(13-11-19)16-17-26-22(27)23(3,4)25(6)24(26,5)21-14-8-18(2)9-15-21/h8-15H,7,16-17H2,1-6H3. The largest absolute Gasteiger partial charge is 0.318 e. The van der Waals surface area contributed by atoms with Crippen LogP contribution < -0.4 is 0 Å². The SMILES string of the molecule is CCc1ccc(CCN2C(=O)C(C)(C)N(C)C2(C)c2ccc(C)cc2)cc1. The Bertz CT molecular complexity index is 807. The normalized spacial score (nSPS) is 22.4. The maximum atomic E-state index is 13.3. The van der Waals surface area contributed by atoms with Crippen LogP contribution in [0.4, 0.5) is 0 Å². The van der Waals surface area contributed by atoms with Crippen molar-refractivity contribution in [2.75, 3.05) is 13.6 Å². The molecule has 0 radical (unpaired) electrons. The van der Waals surface area contributed by atoms with E-state index < -0.39 is 11.2 Å². The van der Waals surface area contributed by atoms with Gasteiger partial charge in [0.15, 0.2) is 0 Å². The Hall–Kier alpha value is -2.13. The van der Waals surface area contributed by atoms with Crippen molar-refractivity contribution in [3.8, 4) is 0 Å². The van der Waals surface area contributed by atoms with Crippen LogP contribution in [0.5, 0.6) is 0 Å². The van der Waals surface area contributed by atoms with Crippen LogP contribution >= 0.6 is 0 Å². The average Bonchev–Trinajstić information content (AvgIpc) is 2.79. The Balaban J connectivity index is 1.91. The first-order valence-corrected chi connectivity index (χ1v) is 9.92. The molecule has 1 atom stereocenters. The molecule has 1 fully saturated rings. The van der Waals surface area contributed by atoms with Crippen molar-refractivity contribution in [1.29, 1.82) is 0 Å². The van der Waals surface area contributed by atoms with Crippen molar-refractivity contribution in [3.05, 3.63) is 70.8 Å². The van der Waals surface area contributed by atoms with Crippen molar-refractivity contribution in [2.24, 2.45) is 0 Å². The third-order valence-corrected chi connectivity index (χ3v) is 6.44. The van der Waals surface area contributed by atoms with Gasteiger partial charge in [-0.15, -0.1) is 0 Å². The molecule has 0 aromatic heterocycles. The van der Waals surface area contributed by atoms with E-state index in [4.69, 9.17) is 0 Å². The lowest BCUT2D eigenvalue weighted by atomic mass is 9.96. The molecule has 3 nitrogen and oxygen atoms in total. The van der Waals surface area contributed by atoms with Gasteiger partial charge in [0.25, 0.3) is 0 Å². The van der Waals surface area contributed by atoms with Gasteiger partial charge >= 0.3 is 0 Å². The van der Waals surface area contributed by atoms with Gasteiger partial charge in [-0.1, -0.05) is 61.0 Å². The summed E-state index contributed by atoms with van der Waals surface area (Å²) in [4.78, 5) is 17.6. The first-order valence-electron chi connectivity index (χ1n) is 9.92. The highest BCUT2D eigenvalue weighted by Crippen LogP contribution is 2.43. The number of rotatable bonds is 5. The van der Waals surface area contributed by atoms with Crippen molar-refractivity contribution >= 4 is 5.91 Å². The molecule has 1 heterocycles. The third-order valence-electron chi connectivity index (χ3n) is 6.44. The first-order chi connectivity index (χ1) is 12.7. The number of hydrogen-bond donors (Lipinski definition) is 0. The summed E-state index contributed by atoms with van der Waals surface area (Å²) >= 11 is 0. The lowest BCUT2D eigenvalue weighted by molar-refractivity contribution is -0.134. The molecule has 0 spiro atoms. The molecule has 27 heavy (non-hydrogen) atoms. The summed E-state index contributed by atoms with van der Waals surface area (Å²) in [5.74, 6) is 0.193. The van der Waals surface area contributed by atoms with Crippen molar-refractivity contribution in [1.82, 2.24) is 9.80 Å². The molecule has 0 saturated carbocycles. The van der Waals surface area contributed by atoms with Gasteiger partial charge in [0, 0.05) is 6.54 Å². The predicted molar refractivity (Wildman–Crippen MR) is 112 cm³/mol. The summed E-state index contributed by atoms with van der Waals surface area (Å²) in [5.41, 5.74) is 4.05. The van der Waals surface area contributed by atoms with Gasteiger partial charge in [-0.05, 0) is 64.3 Å². The van der Waals surface area contributed by atoms with E-state index in [2.05, 4.69) is 86.1 Å². The molecule has 3 heteroatoms. The van der Waals surface area contributed by atoms with Crippen molar-refractivity contribution < 1.29 is 4.79 Å². The van der Waals surface area contributed by atoms with E-state index in [1.807, 2.05) is 13.8 Å². The lowest BCUT2D eigenvalue weighted by Crippen LogP contribution is -2.50. The maximum absolute atomic E-state index is 13.3. The molecule has 2 aromatic rings. The topological polar surface area (TPSA) is 23.6 Å². The van der Waals surface area contributed by atoms with Crippen LogP contribution in [0.1, 0.15) is 49.9 Å². The minimum absolute atomic E-state index is 0.193. The lowest BCUT2D eigenvalue weighted by Gasteiger charge is -2.41. The molecule has 1 aliphatic heterocycles. The summed E-state index contributed by atoms with van der Waals surface area (Å²) < 4.78 is 0. The Morgan fingerprint density at radius 3 is 2.00 bits per heavy atom. The predicted octanol–water partition coefficient (Wildman–Crippen LogP) is 4.53. The summed E-state index contributed by atoms with van der Waals surface area (Å²) in [6, 6.07) is 17.3. The highest BCUT2D eigenvalue weighted by molar-refractivity contribution is 5.89. The molecule has 1 amide bonds. The number of aryl methyl sites for hydroxylation is 2. The second-order valence-electron chi connectivity index (χ2n) is 8.38. The van der Waals surface area contributed by atoms with Crippen molar-refractivity contribution in [2.45, 2.75) is 58.7 Å². The molecular formula is C24H32N2O. The zero-order valence-corrected chi connectivity index (χ0v) is 17.5. The molecule has 3 rings (SSSR count). The fourth-order valence-electron chi connectivity index (χ4n) is 4.12.